The van der Waals surface area contributed by atoms with Crippen molar-refractivity contribution in [1.29, 1.82) is 0 Å². The Morgan fingerprint density at radius 3 is 2.88 bits per heavy atom. The maximum Gasteiger partial charge on any atom is 0.232 e. The molecule has 0 bridgehead atoms. The molecule has 9 heteroatoms. The zero-order valence-corrected chi connectivity index (χ0v) is 14.6. The predicted octanol–water partition coefficient (Wildman–Crippen LogP) is 0.774. The number of nitrogens with one attached hydrogen (secondary N) is 3. The van der Waals surface area contributed by atoms with Gasteiger partial charge >= 0.3 is 0 Å². The van der Waals surface area contributed by atoms with Crippen molar-refractivity contribution >= 4 is 27.3 Å². The second-order valence-corrected chi connectivity index (χ2v) is 7.41. The second-order valence-electron chi connectivity index (χ2n) is 5.40. The zero-order valence-electron chi connectivity index (χ0n) is 13.8. The van der Waals surface area contributed by atoms with Gasteiger partial charge in [-0.15, -0.1) is 0 Å². The smallest absolute Gasteiger partial charge is 0.232 e. The van der Waals surface area contributed by atoms with Crippen LogP contribution in [0.25, 0.3) is 0 Å². The molecule has 134 valence electrons. The molecule has 0 radical (unpaired) electrons. The molecule has 1 aromatic carbocycles. The maximum absolute atomic E-state index is 12.1. The fraction of sp³-hybridized carbons (Fsp3) is 0.533. The Morgan fingerprint density at radius 1 is 1.46 bits per heavy atom. The van der Waals surface area contributed by atoms with Gasteiger partial charge in [-0.05, 0) is 19.1 Å². The number of amides is 1. The molecule has 1 heterocycles. The van der Waals surface area contributed by atoms with E-state index in [1.54, 1.807) is 25.1 Å². The lowest BCUT2D eigenvalue weighted by Gasteiger charge is -2.23. The van der Waals surface area contributed by atoms with E-state index in [4.69, 9.17) is 9.47 Å². The van der Waals surface area contributed by atoms with E-state index in [9.17, 15) is 13.2 Å². The number of carbonyl (C=O) groups is 1. The highest BCUT2D eigenvalue weighted by molar-refractivity contribution is 7.92. The van der Waals surface area contributed by atoms with Crippen molar-refractivity contribution < 1.29 is 22.7 Å². The lowest BCUT2D eigenvalue weighted by molar-refractivity contribution is -0.117. The Balaban J connectivity index is 2.01. The maximum atomic E-state index is 12.1. The van der Waals surface area contributed by atoms with Crippen LogP contribution in [-0.4, -0.2) is 53.0 Å². The summed E-state index contributed by atoms with van der Waals surface area (Å²) in [5, 5.41) is 5.99. The highest BCUT2D eigenvalue weighted by atomic mass is 32.2. The molecule has 2 rings (SSSR count). The topological polar surface area (TPSA) is 106 Å². The Bertz CT molecular complexity index is 672. The third kappa shape index (κ3) is 5.36. The average Bonchev–Trinajstić information content (AvgIpc) is 2.57. The van der Waals surface area contributed by atoms with Crippen LogP contribution in [0.1, 0.15) is 13.3 Å². The molecule has 1 unspecified atom stereocenters. The molecule has 0 saturated carbocycles. The minimum atomic E-state index is -3.40. The first-order chi connectivity index (χ1) is 11.4. The quantitative estimate of drug-likeness (QED) is 0.666. The van der Waals surface area contributed by atoms with Crippen molar-refractivity contribution in [2.45, 2.75) is 19.4 Å². The molecule has 1 atom stereocenters. The molecule has 0 aliphatic carbocycles. The van der Waals surface area contributed by atoms with Crippen molar-refractivity contribution in [2.75, 3.05) is 42.7 Å². The van der Waals surface area contributed by atoms with Crippen molar-refractivity contribution in [3.8, 4) is 5.75 Å². The molecule has 1 fully saturated rings. The minimum absolute atomic E-state index is 0.00344. The largest absolute Gasteiger partial charge is 0.494 e. The summed E-state index contributed by atoms with van der Waals surface area (Å²) >= 11 is 0. The first-order valence-electron chi connectivity index (χ1n) is 7.73. The Labute approximate surface area is 142 Å². The number of ether oxygens (including phenoxy) is 2. The van der Waals surface area contributed by atoms with Gasteiger partial charge in [-0.2, -0.15) is 0 Å². The van der Waals surface area contributed by atoms with Gasteiger partial charge in [-0.3, -0.25) is 9.52 Å². The summed E-state index contributed by atoms with van der Waals surface area (Å²) in [6.45, 7) is 3.45. The van der Waals surface area contributed by atoms with Crippen LogP contribution < -0.4 is 20.1 Å². The Kier molecular flexibility index (Phi) is 6.41. The molecule has 3 N–H and O–H groups in total. The normalized spacial score (nSPS) is 18.0. The standard InChI is InChI=1S/C15H23N3O5S/c1-3-24(20,21)18-13-5-4-11(8-14(13)22-2)17-15(19)9-12-10-23-7-6-16-12/h4-5,8,12,16,18H,3,6-7,9-10H2,1-2H3,(H,17,19). The average molecular weight is 357 g/mol. The van der Waals surface area contributed by atoms with Crippen LogP contribution in [0.5, 0.6) is 5.75 Å². The van der Waals surface area contributed by atoms with Crippen molar-refractivity contribution in [3.05, 3.63) is 18.2 Å². The Morgan fingerprint density at radius 2 is 2.25 bits per heavy atom. The predicted molar refractivity (Wildman–Crippen MR) is 91.9 cm³/mol. The number of methoxy groups -OCH3 is 1. The van der Waals surface area contributed by atoms with Crippen LogP contribution in [0, 0.1) is 0 Å². The van der Waals surface area contributed by atoms with E-state index in [1.165, 1.54) is 7.11 Å². The summed E-state index contributed by atoms with van der Waals surface area (Å²) in [6.07, 6.45) is 0.298. The Hall–Kier alpha value is -1.84. The second kappa shape index (κ2) is 8.32. The number of benzene rings is 1. The first kappa shape index (κ1) is 18.5. The molecular weight excluding hydrogens is 334 g/mol. The number of anilines is 2. The summed E-state index contributed by atoms with van der Waals surface area (Å²) in [4.78, 5) is 12.1. The SMILES string of the molecule is CCS(=O)(=O)Nc1ccc(NC(=O)CC2COCCN2)cc1OC. The molecule has 0 spiro atoms. The van der Waals surface area contributed by atoms with Crippen molar-refractivity contribution in [2.24, 2.45) is 0 Å². The van der Waals surface area contributed by atoms with Crippen LogP contribution in [0.15, 0.2) is 18.2 Å². The molecule has 8 nitrogen and oxygen atoms in total. The third-order valence-electron chi connectivity index (χ3n) is 3.56. The van der Waals surface area contributed by atoms with Gasteiger partial charge in [0.25, 0.3) is 0 Å². The van der Waals surface area contributed by atoms with E-state index in [1.807, 2.05) is 0 Å². The highest BCUT2D eigenvalue weighted by Crippen LogP contribution is 2.29. The summed E-state index contributed by atoms with van der Waals surface area (Å²) in [5.41, 5.74) is 0.868. The summed E-state index contributed by atoms with van der Waals surface area (Å²) in [7, 11) is -1.96. The molecule has 1 aliphatic rings. The van der Waals surface area contributed by atoms with Gasteiger partial charge < -0.3 is 20.1 Å². The number of carbonyl (C=O) groups excluding carboxylic acids is 1. The van der Waals surface area contributed by atoms with Crippen LogP contribution in [0.3, 0.4) is 0 Å². The summed E-state index contributed by atoms with van der Waals surface area (Å²) in [6, 6.07) is 4.76. The first-order valence-corrected chi connectivity index (χ1v) is 9.38. The van der Waals surface area contributed by atoms with Gasteiger partial charge in [0, 0.05) is 30.8 Å². The molecule has 1 aliphatic heterocycles. The highest BCUT2D eigenvalue weighted by Gasteiger charge is 2.17. The minimum Gasteiger partial charge on any atom is -0.494 e. The molecule has 0 aromatic heterocycles. The van der Waals surface area contributed by atoms with Crippen LogP contribution in [0.2, 0.25) is 0 Å². The van der Waals surface area contributed by atoms with Gasteiger partial charge in [0.1, 0.15) is 5.75 Å². The van der Waals surface area contributed by atoms with Gasteiger partial charge in [-0.1, -0.05) is 0 Å². The number of sulfonamides is 1. The third-order valence-corrected chi connectivity index (χ3v) is 4.85. The summed E-state index contributed by atoms with van der Waals surface area (Å²) < 4.78 is 36.3. The van der Waals surface area contributed by atoms with Gasteiger partial charge in [0.2, 0.25) is 15.9 Å². The lowest BCUT2D eigenvalue weighted by Crippen LogP contribution is -2.43. The molecule has 1 saturated heterocycles. The summed E-state index contributed by atoms with van der Waals surface area (Å²) in [5.74, 6) is 0.149. The van der Waals surface area contributed by atoms with E-state index in [2.05, 4.69) is 15.4 Å². The van der Waals surface area contributed by atoms with Gasteiger partial charge in [0.15, 0.2) is 0 Å². The lowest BCUT2D eigenvalue weighted by atomic mass is 10.2. The fourth-order valence-electron chi connectivity index (χ4n) is 2.28. The van der Waals surface area contributed by atoms with Crippen molar-refractivity contribution in [3.63, 3.8) is 0 Å². The van der Waals surface area contributed by atoms with E-state index < -0.39 is 10.0 Å². The van der Waals surface area contributed by atoms with Gasteiger partial charge in [-0.25, -0.2) is 8.42 Å². The number of rotatable bonds is 7. The number of morpholine rings is 1. The molecular formula is C15H23N3O5S. The number of hydrogen-bond donors (Lipinski definition) is 3. The zero-order chi connectivity index (χ0) is 17.6. The van der Waals surface area contributed by atoms with E-state index in [-0.39, 0.29) is 17.7 Å². The van der Waals surface area contributed by atoms with E-state index >= 15 is 0 Å². The molecule has 1 aromatic rings. The van der Waals surface area contributed by atoms with Crippen LogP contribution >= 0.6 is 0 Å². The van der Waals surface area contributed by atoms with Gasteiger partial charge in [0.05, 0.1) is 31.8 Å². The molecule has 24 heavy (non-hydrogen) atoms. The van der Waals surface area contributed by atoms with E-state index in [0.29, 0.717) is 36.8 Å². The monoisotopic (exact) mass is 357 g/mol. The molecule has 1 amide bonds. The van der Waals surface area contributed by atoms with Crippen LogP contribution in [0.4, 0.5) is 11.4 Å². The van der Waals surface area contributed by atoms with E-state index in [0.717, 1.165) is 6.54 Å². The number of hydrogen-bond acceptors (Lipinski definition) is 6. The fourth-order valence-corrected chi connectivity index (χ4v) is 2.93. The van der Waals surface area contributed by atoms with Crippen molar-refractivity contribution in [1.82, 2.24) is 5.32 Å². The van der Waals surface area contributed by atoms with Crippen LogP contribution in [-0.2, 0) is 19.6 Å².